The molecule has 2 N–H and O–H groups in total. The molecule has 0 spiro atoms. The van der Waals surface area contributed by atoms with E-state index in [-0.39, 0.29) is 0 Å². The van der Waals surface area contributed by atoms with Gasteiger partial charge in [0.2, 0.25) is 5.89 Å². The summed E-state index contributed by atoms with van der Waals surface area (Å²) < 4.78 is 5.76. The van der Waals surface area contributed by atoms with Crippen molar-refractivity contribution in [1.82, 2.24) is 15.0 Å². The van der Waals surface area contributed by atoms with Crippen LogP contribution in [0.15, 0.2) is 65.3 Å². The third-order valence-electron chi connectivity index (χ3n) is 4.06. The fraction of sp³-hybridized carbons (Fsp3) is 0.182. The normalized spacial score (nSPS) is 10.1. The van der Waals surface area contributed by atoms with Crippen LogP contribution in [0.2, 0.25) is 0 Å². The van der Waals surface area contributed by atoms with Crippen molar-refractivity contribution in [1.29, 1.82) is 0 Å². The standard InChI is InChI=1S/C20H18N6OS.C2H6/c1-26(2)15-7-5-14(6-8-15)23-20(28)24-17-12-13(9-11-21-17)19-25-18-16(27-19)4-3-10-22-18;1-2/h3-12H,1-2H3,(H2,21,23,24,28);1-2H3. The third kappa shape index (κ3) is 5.09. The molecular weight excluding hydrogens is 396 g/mol. The maximum atomic E-state index is 5.76. The first kappa shape index (κ1) is 21.2. The van der Waals surface area contributed by atoms with Crippen molar-refractivity contribution in [3.8, 4) is 11.5 Å². The number of anilines is 3. The highest BCUT2D eigenvalue weighted by molar-refractivity contribution is 7.80. The summed E-state index contributed by atoms with van der Waals surface area (Å²) in [5.41, 5.74) is 4.01. The Morgan fingerprint density at radius 1 is 0.967 bits per heavy atom. The molecule has 0 amide bonds. The summed E-state index contributed by atoms with van der Waals surface area (Å²) in [6.07, 6.45) is 3.36. The first-order valence-corrected chi connectivity index (χ1v) is 10.0. The largest absolute Gasteiger partial charge is 0.434 e. The molecule has 0 saturated carbocycles. The van der Waals surface area contributed by atoms with Gasteiger partial charge < -0.3 is 20.0 Å². The van der Waals surface area contributed by atoms with Gasteiger partial charge in [-0.1, -0.05) is 13.8 Å². The van der Waals surface area contributed by atoms with Gasteiger partial charge in [0, 0.05) is 43.4 Å². The molecule has 4 aromatic rings. The molecular formula is C22H24N6OS. The first-order chi connectivity index (χ1) is 14.6. The molecule has 1 aromatic carbocycles. The van der Waals surface area contributed by atoms with Crippen LogP contribution in [0, 0.1) is 0 Å². The monoisotopic (exact) mass is 420 g/mol. The van der Waals surface area contributed by atoms with Crippen LogP contribution in [0.3, 0.4) is 0 Å². The summed E-state index contributed by atoms with van der Waals surface area (Å²) >= 11 is 5.39. The Balaban J connectivity index is 0.00000124. The van der Waals surface area contributed by atoms with Crippen molar-refractivity contribution in [2.24, 2.45) is 0 Å². The molecule has 7 nitrogen and oxygen atoms in total. The Hall–Kier alpha value is -3.52. The van der Waals surface area contributed by atoms with E-state index in [4.69, 9.17) is 16.6 Å². The molecule has 154 valence electrons. The van der Waals surface area contributed by atoms with Gasteiger partial charge in [-0.2, -0.15) is 4.98 Å². The fourth-order valence-electron chi connectivity index (χ4n) is 2.65. The van der Waals surface area contributed by atoms with Crippen LogP contribution in [0.1, 0.15) is 13.8 Å². The molecule has 4 rings (SSSR count). The zero-order valence-electron chi connectivity index (χ0n) is 17.4. The second-order valence-corrected chi connectivity index (χ2v) is 6.70. The molecule has 0 aliphatic rings. The molecule has 0 saturated heterocycles. The predicted molar refractivity (Wildman–Crippen MR) is 127 cm³/mol. The van der Waals surface area contributed by atoms with Gasteiger partial charge in [-0.25, -0.2) is 9.97 Å². The second kappa shape index (κ2) is 9.80. The number of pyridine rings is 2. The van der Waals surface area contributed by atoms with E-state index in [9.17, 15) is 0 Å². The van der Waals surface area contributed by atoms with E-state index in [0.717, 1.165) is 16.9 Å². The van der Waals surface area contributed by atoms with Crippen molar-refractivity contribution >= 4 is 45.8 Å². The lowest BCUT2D eigenvalue weighted by atomic mass is 10.2. The highest BCUT2D eigenvalue weighted by Crippen LogP contribution is 2.24. The molecule has 30 heavy (non-hydrogen) atoms. The van der Waals surface area contributed by atoms with Crippen LogP contribution in [0.25, 0.3) is 22.7 Å². The van der Waals surface area contributed by atoms with Crippen LogP contribution >= 0.6 is 12.2 Å². The zero-order chi connectivity index (χ0) is 21.5. The van der Waals surface area contributed by atoms with Gasteiger partial charge in [-0.3, -0.25) is 0 Å². The number of aromatic nitrogens is 3. The van der Waals surface area contributed by atoms with Gasteiger partial charge in [0.05, 0.1) is 0 Å². The smallest absolute Gasteiger partial charge is 0.229 e. The third-order valence-corrected chi connectivity index (χ3v) is 4.26. The average Bonchev–Trinajstić information content (AvgIpc) is 3.20. The summed E-state index contributed by atoms with van der Waals surface area (Å²) in [7, 11) is 4.00. The minimum Gasteiger partial charge on any atom is -0.434 e. The SMILES string of the molecule is CC.CN(C)c1ccc(NC(=S)Nc2cc(-c3nc4ncccc4o3)ccn2)cc1. The highest BCUT2D eigenvalue weighted by Gasteiger charge is 2.10. The van der Waals surface area contributed by atoms with Crippen LogP contribution in [0.5, 0.6) is 0 Å². The van der Waals surface area contributed by atoms with Gasteiger partial charge in [0.15, 0.2) is 16.3 Å². The number of rotatable bonds is 4. The Labute approximate surface area is 181 Å². The Morgan fingerprint density at radius 3 is 2.43 bits per heavy atom. The molecule has 0 atom stereocenters. The fourth-order valence-corrected chi connectivity index (χ4v) is 2.87. The van der Waals surface area contributed by atoms with E-state index in [2.05, 4.69) is 25.6 Å². The van der Waals surface area contributed by atoms with Gasteiger partial charge in [0.1, 0.15) is 5.82 Å². The number of thiocarbonyl (C=S) groups is 1. The average molecular weight is 421 g/mol. The lowest BCUT2D eigenvalue weighted by Gasteiger charge is -2.14. The van der Waals surface area contributed by atoms with Crippen molar-refractivity contribution in [2.45, 2.75) is 13.8 Å². The lowest BCUT2D eigenvalue weighted by Crippen LogP contribution is -2.19. The van der Waals surface area contributed by atoms with E-state index >= 15 is 0 Å². The maximum absolute atomic E-state index is 5.76. The molecule has 0 bridgehead atoms. The summed E-state index contributed by atoms with van der Waals surface area (Å²) in [5, 5.41) is 6.68. The van der Waals surface area contributed by atoms with Crippen molar-refractivity contribution in [3.05, 3.63) is 60.9 Å². The number of benzene rings is 1. The number of hydrogen-bond acceptors (Lipinski definition) is 6. The summed E-state index contributed by atoms with van der Waals surface area (Å²) in [6, 6.07) is 15.3. The predicted octanol–water partition coefficient (Wildman–Crippen LogP) is 5.19. The van der Waals surface area contributed by atoms with E-state index in [1.165, 1.54) is 0 Å². The number of oxazole rings is 1. The minimum atomic E-state index is 0.446. The van der Waals surface area contributed by atoms with Crippen LogP contribution in [-0.2, 0) is 0 Å². The summed E-state index contributed by atoms with van der Waals surface area (Å²) in [4.78, 5) is 14.9. The minimum absolute atomic E-state index is 0.446. The van der Waals surface area contributed by atoms with Gasteiger partial charge >= 0.3 is 0 Å². The molecule has 3 heterocycles. The molecule has 0 fully saturated rings. The summed E-state index contributed by atoms with van der Waals surface area (Å²) in [6.45, 7) is 4.00. The second-order valence-electron chi connectivity index (χ2n) is 6.29. The van der Waals surface area contributed by atoms with Crippen LogP contribution in [-0.4, -0.2) is 34.2 Å². The number of fused-ring (bicyclic) bond motifs is 1. The number of hydrogen-bond donors (Lipinski definition) is 2. The highest BCUT2D eigenvalue weighted by atomic mass is 32.1. The molecule has 3 aromatic heterocycles. The molecule has 0 aliphatic carbocycles. The van der Waals surface area contributed by atoms with Gasteiger partial charge in [-0.15, -0.1) is 0 Å². The van der Waals surface area contributed by atoms with Crippen molar-refractivity contribution in [3.63, 3.8) is 0 Å². The first-order valence-electron chi connectivity index (χ1n) is 9.62. The number of nitrogens with zero attached hydrogens (tertiary/aromatic N) is 4. The maximum Gasteiger partial charge on any atom is 0.229 e. The van der Waals surface area contributed by atoms with Crippen molar-refractivity contribution < 1.29 is 4.42 Å². The van der Waals surface area contributed by atoms with Gasteiger partial charge in [0.25, 0.3) is 0 Å². The number of nitrogens with one attached hydrogen (secondary N) is 2. The zero-order valence-corrected chi connectivity index (χ0v) is 18.2. The van der Waals surface area contributed by atoms with E-state index in [1.807, 2.05) is 81.4 Å². The topological polar surface area (TPSA) is 79.1 Å². The van der Waals surface area contributed by atoms with E-state index < -0.39 is 0 Å². The molecule has 0 aliphatic heterocycles. The quantitative estimate of drug-likeness (QED) is 0.437. The lowest BCUT2D eigenvalue weighted by molar-refractivity contribution is 0.619. The Bertz CT molecular complexity index is 1090. The van der Waals surface area contributed by atoms with Gasteiger partial charge in [-0.05, 0) is 60.7 Å². The molecule has 0 radical (unpaired) electrons. The van der Waals surface area contributed by atoms with E-state index in [1.54, 1.807) is 12.4 Å². The van der Waals surface area contributed by atoms with Crippen LogP contribution in [0.4, 0.5) is 17.2 Å². The molecule has 0 unspecified atom stereocenters. The molecule has 8 heteroatoms. The van der Waals surface area contributed by atoms with Crippen molar-refractivity contribution in [2.75, 3.05) is 29.6 Å². The Morgan fingerprint density at radius 2 is 1.73 bits per heavy atom. The van der Waals surface area contributed by atoms with Crippen LogP contribution < -0.4 is 15.5 Å². The van der Waals surface area contributed by atoms with E-state index in [0.29, 0.717) is 28.1 Å². The summed E-state index contributed by atoms with van der Waals surface area (Å²) in [5.74, 6) is 1.08. The Kier molecular flexibility index (Phi) is 6.92.